The molecule has 0 fully saturated rings. The van der Waals surface area contributed by atoms with E-state index in [1.165, 1.54) is 0 Å². The van der Waals surface area contributed by atoms with Crippen LogP contribution in [0.4, 0.5) is 0 Å². The summed E-state index contributed by atoms with van der Waals surface area (Å²) < 4.78 is 0. The number of nitrogens with one attached hydrogen (secondary N) is 3. The lowest BCUT2D eigenvalue weighted by Crippen LogP contribution is -2.57. The Bertz CT molecular complexity index is 1250. The second-order valence-corrected chi connectivity index (χ2v) is 9.89. The van der Waals surface area contributed by atoms with E-state index in [1.807, 2.05) is 0 Å². The van der Waals surface area contributed by atoms with Crippen molar-refractivity contribution in [3.8, 4) is 0 Å². The van der Waals surface area contributed by atoms with Gasteiger partial charge in [0.05, 0.1) is 6.04 Å². The monoisotopic (exact) mass is 597 g/mol. The summed E-state index contributed by atoms with van der Waals surface area (Å²) in [6.07, 6.45) is -0.156. The number of guanidine groups is 1. The van der Waals surface area contributed by atoms with Crippen molar-refractivity contribution in [2.45, 2.75) is 62.7 Å². The third-order valence-corrected chi connectivity index (χ3v) is 6.40. The summed E-state index contributed by atoms with van der Waals surface area (Å²) in [6.45, 7) is 0.263. The van der Waals surface area contributed by atoms with Crippen molar-refractivity contribution in [3.63, 3.8) is 0 Å². The average Bonchev–Trinajstić information content (AvgIpc) is 2.97. The van der Waals surface area contributed by atoms with Gasteiger partial charge in [0.25, 0.3) is 0 Å². The number of aliphatic carboxylic acids is 2. The van der Waals surface area contributed by atoms with Crippen LogP contribution in [-0.2, 0) is 36.8 Å². The SMILES string of the molecule is NC(N)=NCCCC(N)C(=O)NC(Cc1ccccc1)C(=O)NC(CCC(=O)O)C(=O)NC(Cc1ccccc1)C(=O)O. The van der Waals surface area contributed by atoms with Crippen molar-refractivity contribution in [3.05, 3.63) is 71.8 Å². The molecule has 0 aromatic heterocycles. The predicted octanol–water partition coefficient (Wildman–Crippen LogP) is -0.743. The molecule has 2 aromatic carbocycles. The molecule has 2 aromatic rings. The number of carboxylic acid groups (broad SMARTS) is 2. The molecule has 0 heterocycles. The molecule has 0 bridgehead atoms. The molecule has 4 unspecified atom stereocenters. The van der Waals surface area contributed by atoms with Gasteiger partial charge in [-0.3, -0.25) is 24.2 Å². The first-order valence-corrected chi connectivity index (χ1v) is 13.7. The average molecular weight is 598 g/mol. The standard InChI is InChI=1S/C29H39N7O7/c30-20(12-7-15-33-29(31)32)25(39)35-22(16-18-8-3-1-4-9-18)27(41)34-21(13-14-24(37)38)26(40)36-23(28(42)43)17-19-10-5-2-6-11-19/h1-6,8-11,20-23H,7,12-17,30H2,(H,34,41)(H,35,39)(H,36,40)(H,37,38)(H,42,43)(H4,31,32,33). The highest BCUT2D eigenvalue weighted by molar-refractivity contribution is 5.94. The second kappa shape index (κ2) is 17.7. The number of amides is 3. The van der Waals surface area contributed by atoms with Crippen LogP contribution in [0.3, 0.4) is 0 Å². The van der Waals surface area contributed by atoms with E-state index in [9.17, 15) is 34.2 Å². The Labute approximate surface area is 249 Å². The zero-order valence-corrected chi connectivity index (χ0v) is 23.6. The van der Waals surface area contributed by atoms with Gasteiger partial charge >= 0.3 is 11.9 Å². The summed E-state index contributed by atoms with van der Waals surface area (Å²) >= 11 is 0. The summed E-state index contributed by atoms with van der Waals surface area (Å²) in [5, 5.41) is 26.4. The molecule has 3 amide bonds. The minimum absolute atomic E-state index is 0.0325. The Morgan fingerprint density at radius 3 is 1.70 bits per heavy atom. The molecule has 2 rings (SSSR count). The van der Waals surface area contributed by atoms with Gasteiger partial charge < -0.3 is 43.4 Å². The quantitative estimate of drug-likeness (QED) is 0.0606. The Kier molecular flexibility index (Phi) is 14.1. The molecule has 14 nitrogen and oxygen atoms in total. The maximum absolute atomic E-state index is 13.5. The van der Waals surface area contributed by atoms with E-state index in [0.29, 0.717) is 17.5 Å². The highest BCUT2D eigenvalue weighted by Gasteiger charge is 2.31. The van der Waals surface area contributed by atoms with Crippen molar-refractivity contribution >= 4 is 35.6 Å². The number of carbonyl (C=O) groups is 5. The van der Waals surface area contributed by atoms with Gasteiger partial charge in [-0.05, 0) is 30.4 Å². The summed E-state index contributed by atoms with van der Waals surface area (Å²) in [5.74, 6) is -4.88. The van der Waals surface area contributed by atoms with Gasteiger partial charge in [-0.15, -0.1) is 0 Å². The van der Waals surface area contributed by atoms with Crippen molar-refractivity contribution in [1.82, 2.24) is 16.0 Å². The number of carboxylic acids is 2. The van der Waals surface area contributed by atoms with Gasteiger partial charge in [-0.1, -0.05) is 60.7 Å². The lowest BCUT2D eigenvalue weighted by atomic mass is 10.0. The maximum Gasteiger partial charge on any atom is 0.326 e. The molecule has 0 radical (unpaired) electrons. The van der Waals surface area contributed by atoms with Crippen LogP contribution in [0.1, 0.15) is 36.8 Å². The van der Waals surface area contributed by atoms with E-state index >= 15 is 0 Å². The number of carbonyl (C=O) groups excluding carboxylic acids is 3. The molecule has 43 heavy (non-hydrogen) atoms. The van der Waals surface area contributed by atoms with Crippen LogP contribution in [0.2, 0.25) is 0 Å². The Morgan fingerprint density at radius 1 is 0.698 bits per heavy atom. The third-order valence-electron chi connectivity index (χ3n) is 6.40. The van der Waals surface area contributed by atoms with Gasteiger partial charge in [0.1, 0.15) is 18.1 Å². The number of nitrogens with two attached hydrogens (primary N) is 3. The summed E-state index contributed by atoms with van der Waals surface area (Å²) in [4.78, 5) is 66.6. The molecule has 0 aliphatic carbocycles. The van der Waals surface area contributed by atoms with Gasteiger partial charge in [-0.2, -0.15) is 0 Å². The third kappa shape index (κ3) is 13.0. The molecule has 0 aliphatic heterocycles. The van der Waals surface area contributed by atoms with Crippen LogP contribution in [0.25, 0.3) is 0 Å². The molecule has 4 atom stereocenters. The van der Waals surface area contributed by atoms with E-state index in [2.05, 4.69) is 20.9 Å². The lowest BCUT2D eigenvalue weighted by Gasteiger charge is -2.25. The van der Waals surface area contributed by atoms with Crippen molar-refractivity contribution in [1.29, 1.82) is 0 Å². The van der Waals surface area contributed by atoms with E-state index in [-0.39, 0.29) is 38.2 Å². The highest BCUT2D eigenvalue weighted by atomic mass is 16.4. The number of rotatable bonds is 18. The normalized spacial score (nSPS) is 13.4. The second-order valence-electron chi connectivity index (χ2n) is 9.89. The summed E-state index contributed by atoms with van der Waals surface area (Å²) in [7, 11) is 0. The molecular weight excluding hydrogens is 558 g/mol. The number of benzene rings is 2. The minimum Gasteiger partial charge on any atom is -0.481 e. The zero-order chi connectivity index (χ0) is 31.8. The van der Waals surface area contributed by atoms with Gasteiger partial charge in [0.2, 0.25) is 17.7 Å². The molecule has 0 saturated heterocycles. The molecule has 232 valence electrons. The molecule has 0 aliphatic rings. The minimum atomic E-state index is -1.40. The zero-order valence-electron chi connectivity index (χ0n) is 23.6. The molecule has 0 saturated carbocycles. The summed E-state index contributed by atoms with van der Waals surface area (Å²) in [5.41, 5.74) is 18.0. The number of hydrogen-bond donors (Lipinski definition) is 8. The smallest absolute Gasteiger partial charge is 0.326 e. The maximum atomic E-state index is 13.5. The van der Waals surface area contributed by atoms with Crippen LogP contribution in [0, 0.1) is 0 Å². The Morgan fingerprint density at radius 2 is 1.19 bits per heavy atom. The highest BCUT2D eigenvalue weighted by Crippen LogP contribution is 2.09. The van der Waals surface area contributed by atoms with Gasteiger partial charge in [0.15, 0.2) is 5.96 Å². The van der Waals surface area contributed by atoms with Crippen LogP contribution in [0.15, 0.2) is 65.7 Å². The van der Waals surface area contributed by atoms with Crippen LogP contribution in [-0.4, -0.2) is 76.5 Å². The number of aliphatic imine (C=N–C) groups is 1. The predicted molar refractivity (Wildman–Crippen MR) is 158 cm³/mol. The first-order chi connectivity index (χ1) is 20.5. The van der Waals surface area contributed by atoms with Crippen LogP contribution >= 0.6 is 0 Å². The Hall–Kier alpha value is -4.98. The first-order valence-electron chi connectivity index (χ1n) is 13.7. The molecule has 0 spiro atoms. The Balaban J connectivity index is 2.20. The fourth-order valence-corrected chi connectivity index (χ4v) is 4.12. The first kappa shape index (κ1) is 34.2. The van der Waals surface area contributed by atoms with E-state index in [1.54, 1.807) is 60.7 Å². The lowest BCUT2D eigenvalue weighted by molar-refractivity contribution is -0.143. The van der Waals surface area contributed by atoms with Crippen molar-refractivity contribution in [2.24, 2.45) is 22.2 Å². The van der Waals surface area contributed by atoms with E-state index in [4.69, 9.17) is 17.2 Å². The van der Waals surface area contributed by atoms with Crippen LogP contribution < -0.4 is 33.2 Å². The topological polar surface area (TPSA) is 252 Å². The van der Waals surface area contributed by atoms with Crippen molar-refractivity contribution < 1.29 is 34.2 Å². The number of nitrogens with zero attached hydrogens (tertiary/aromatic N) is 1. The molecule has 14 heteroatoms. The van der Waals surface area contributed by atoms with E-state index < -0.39 is 60.2 Å². The number of hydrogen-bond acceptors (Lipinski definition) is 7. The summed E-state index contributed by atoms with van der Waals surface area (Å²) in [6, 6.07) is 12.5. The van der Waals surface area contributed by atoms with E-state index in [0.717, 1.165) is 0 Å². The van der Waals surface area contributed by atoms with Crippen molar-refractivity contribution in [2.75, 3.05) is 6.54 Å². The fourth-order valence-electron chi connectivity index (χ4n) is 4.12. The fraction of sp³-hybridized carbons (Fsp3) is 0.379. The molecular formula is C29H39N7O7. The molecule has 11 N–H and O–H groups in total. The van der Waals surface area contributed by atoms with Crippen LogP contribution in [0.5, 0.6) is 0 Å². The van der Waals surface area contributed by atoms with Gasteiger partial charge in [0, 0.05) is 25.8 Å². The largest absolute Gasteiger partial charge is 0.481 e. The van der Waals surface area contributed by atoms with Gasteiger partial charge in [-0.25, -0.2) is 4.79 Å².